The van der Waals surface area contributed by atoms with Crippen LogP contribution in [0.25, 0.3) is 0 Å². The number of phosphoric acid groups is 1. The van der Waals surface area contributed by atoms with E-state index in [1.807, 2.05) is 33.3 Å². The highest BCUT2D eigenvalue weighted by atomic mass is 31.2. The van der Waals surface area contributed by atoms with Crippen molar-refractivity contribution in [3.63, 3.8) is 0 Å². The first-order valence-electron chi connectivity index (χ1n) is 31.3. The molecule has 1 amide bonds. The number of nitrogens with one attached hydrogen (secondary N) is 1. The number of likely N-dealkylation sites (N-methyl/N-ethyl adjacent to an activating group) is 1. The molecule has 0 fully saturated rings. The molecule has 0 aliphatic rings. The van der Waals surface area contributed by atoms with Gasteiger partial charge in [0.15, 0.2) is 0 Å². The second kappa shape index (κ2) is 53.6. The fourth-order valence-electron chi connectivity index (χ4n) is 9.21. The van der Waals surface area contributed by atoms with Gasteiger partial charge in [-0.2, -0.15) is 0 Å². The van der Waals surface area contributed by atoms with E-state index in [2.05, 4.69) is 50.4 Å². The summed E-state index contributed by atoms with van der Waals surface area (Å²) in [6, 6.07) is -0.844. The van der Waals surface area contributed by atoms with Crippen LogP contribution >= 0.6 is 7.82 Å². The van der Waals surface area contributed by atoms with Crippen LogP contribution in [0.2, 0.25) is 0 Å². The summed E-state index contributed by atoms with van der Waals surface area (Å²) in [5.74, 6) is -0.494. The lowest BCUT2D eigenvalue weighted by molar-refractivity contribution is -0.870. The molecule has 73 heavy (non-hydrogen) atoms. The van der Waals surface area contributed by atoms with Crippen molar-refractivity contribution in [2.75, 3.05) is 40.9 Å². The molecule has 0 aromatic heterocycles. The molecule has 3 unspecified atom stereocenters. The van der Waals surface area contributed by atoms with Gasteiger partial charge >= 0.3 is 13.8 Å². The standard InChI is InChI=1S/C63H121N2O7P/c1-7-10-13-16-19-22-25-28-30-31-32-33-34-35-36-37-40-43-46-49-52-55-62(66)64-60(59-71-73(68,69)70-58-57-65(4,5)6)61(54-51-48-45-42-39-27-24-21-18-15-12-9-3)72-63(67)56-53-50-47-44-41-38-29-26-23-20-17-14-11-8-2/h19,22,28,30,51,54,60-61H,7-18,20-21,23-27,29,31-50,52-53,55-59H2,1-6H3,(H-,64,66,68,69)/p+1/b22-19-,30-28-,54-51-. The summed E-state index contributed by atoms with van der Waals surface area (Å²) in [6.07, 6.45) is 64.2. The molecule has 0 spiro atoms. The Hall–Kier alpha value is -1.77. The van der Waals surface area contributed by atoms with E-state index in [-0.39, 0.29) is 25.1 Å². The van der Waals surface area contributed by atoms with Crippen LogP contribution in [0, 0.1) is 0 Å². The number of hydrogen-bond acceptors (Lipinski definition) is 6. The maximum atomic E-state index is 13.5. The Labute approximate surface area is 453 Å². The van der Waals surface area contributed by atoms with Crippen molar-refractivity contribution in [1.82, 2.24) is 5.32 Å². The van der Waals surface area contributed by atoms with Crippen molar-refractivity contribution in [3.05, 3.63) is 36.5 Å². The maximum absolute atomic E-state index is 13.5. The first-order chi connectivity index (χ1) is 35.4. The fraction of sp³-hybridized carbons (Fsp3) is 0.873. The van der Waals surface area contributed by atoms with Crippen molar-refractivity contribution in [2.24, 2.45) is 0 Å². The fourth-order valence-corrected chi connectivity index (χ4v) is 9.94. The molecule has 0 aliphatic heterocycles. The Morgan fingerprint density at radius 3 is 1.26 bits per heavy atom. The van der Waals surface area contributed by atoms with Gasteiger partial charge in [-0.3, -0.25) is 18.6 Å². The third kappa shape index (κ3) is 54.8. The Morgan fingerprint density at radius 1 is 0.479 bits per heavy atom. The molecule has 0 saturated heterocycles. The van der Waals surface area contributed by atoms with Crippen LogP contribution in [0.3, 0.4) is 0 Å². The Bertz CT molecular complexity index is 1350. The third-order valence-corrected chi connectivity index (χ3v) is 15.1. The molecule has 0 rings (SSSR count). The van der Waals surface area contributed by atoms with Crippen molar-refractivity contribution in [1.29, 1.82) is 0 Å². The average molecular weight is 1050 g/mol. The smallest absolute Gasteiger partial charge is 0.456 e. The molecule has 0 bridgehead atoms. The van der Waals surface area contributed by atoms with E-state index in [0.717, 1.165) is 64.2 Å². The van der Waals surface area contributed by atoms with Crippen LogP contribution in [0.5, 0.6) is 0 Å². The zero-order valence-electron chi connectivity index (χ0n) is 49.1. The number of rotatable bonds is 57. The molecule has 0 saturated carbocycles. The van der Waals surface area contributed by atoms with Gasteiger partial charge in [0, 0.05) is 12.8 Å². The van der Waals surface area contributed by atoms with Crippen molar-refractivity contribution >= 4 is 19.7 Å². The van der Waals surface area contributed by atoms with E-state index >= 15 is 0 Å². The minimum absolute atomic E-state index is 0.0423. The molecule has 9 nitrogen and oxygen atoms in total. The number of amides is 1. The van der Waals surface area contributed by atoms with Gasteiger partial charge < -0.3 is 19.4 Å². The quantitative estimate of drug-likeness (QED) is 0.0205. The van der Waals surface area contributed by atoms with Gasteiger partial charge in [-0.15, -0.1) is 0 Å². The van der Waals surface area contributed by atoms with Crippen LogP contribution in [0.1, 0.15) is 303 Å². The van der Waals surface area contributed by atoms with Gasteiger partial charge in [-0.25, -0.2) is 4.57 Å². The van der Waals surface area contributed by atoms with E-state index in [0.29, 0.717) is 23.9 Å². The molecule has 0 aromatic carbocycles. The van der Waals surface area contributed by atoms with Gasteiger partial charge in [0.05, 0.1) is 33.8 Å². The van der Waals surface area contributed by atoms with E-state index in [1.165, 1.54) is 205 Å². The Kier molecular flexibility index (Phi) is 52.3. The van der Waals surface area contributed by atoms with Gasteiger partial charge in [0.1, 0.15) is 19.3 Å². The number of unbranched alkanes of at least 4 members (excludes halogenated alkanes) is 37. The predicted octanol–water partition coefficient (Wildman–Crippen LogP) is 19.1. The molecule has 10 heteroatoms. The van der Waals surface area contributed by atoms with Crippen LogP contribution in [-0.2, 0) is 27.9 Å². The lowest BCUT2D eigenvalue weighted by Crippen LogP contribution is -2.47. The Balaban J connectivity index is 5.19. The summed E-state index contributed by atoms with van der Waals surface area (Å²) in [5, 5.41) is 3.06. The number of esters is 1. The molecule has 0 radical (unpaired) electrons. The Morgan fingerprint density at radius 2 is 0.836 bits per heavy atom. The summed E-state index contributed by atoms with van der Waals surface area (Å²) in [7, 11) is 1.51. The lowest BCUT2D eigenvalue weighted by Gasteiger charge is -2.27. The van der Waals surface area contributed by atoms with E-state index in [1.54, 1.807) is 0 Å². The zero-order chi connectivity index (χ0) is 53.6. The predicted molar refractivity (Wildman–Crippen MR) is 314 cm³/mol. The SMILES string of the molecule is CCCCC/C=C\C/C=C\CCCCCCCCCCCCCC(=O)NC(COP(=O)(O)OCC[N+](C)(C)C)C(/C=C\CCCCCCCCCCCC)OC(=O)CCCCCCCCCCCCCCCC. The highest BCUT2D eigenvalue weighted by molar-refractivity contribution is 7.47. The largest absolute Gasteiger partial charge is 0.472 e. The van der Waals surface area contributed by atoms with E-state index < -0.39 is 20.0 Å². The summed E-state index contributed by atoms with van der Waals surface area (Å²) >= 11 is 0. The maximum Gasteiger partial charge on any atom is 0.472 e. The van der Waals surface area contributed by atoms with Crippen molar-refractivity contribution < 1.29 is 37.3 Å². The number of ether oxygens (including phenoxy) is 1. The molecule has 0 aromatic rings. The van der Waals surface area contributed by atoms with Gasteiger partial charge in [0.2, 0.25) is 5.91 Å². The van der Waals surface area contributed by atoms with Crippen LogP contribution in [-0.4, -0.2) is 74.3 Å². The molecule has 3 atom stereocenters. The second-order valence-electron chi connectivity index (χ2n) is 22.6. The summed E-state index contributed by atoms with van der Waals surface area (Å²) in [4.78, 5) is 37.7. The number of carbonyl (C=O) groups is 2. The van der Waals surface area contributed by atoms with E-state index in [4.69, 9.17) is 13.8 Å². The number of quaternary nitrogens is 1. The zero-order valence-corrected chi connectivity index (χ0v) is 50.0. The molecule has 430 valence electrons. The summed E-state index contributed by atoms with van der Waals surface area (Å²) < 4.78 is 30.7. The highest BCUT2D eigenvalue weighted by Gasteiger charge is 2.30. The monoisotopic (exact) mass is 1050 g/mol. The molecule has 0 aliphatic carbocycles. The number of nitrogens with zero attached hydrogens (tertiary/aromatic N) is 1. The summed E-state index contributed by atoms with van der Waals surface area (Å²) in [6.45, 7) is 7.02. The highest BCUT2D eigenvalue weighted by Crippen LogP contribution is 2.43. The molecular weight excluding hydrogens is 928 g/mol. The first-order valence-corrected chi connectivity index (χ1v) is 32.8. The second-order valence-corrected chi connectivity index (χ2v) is 24.0. The van der Waals surface area contributed by atoms with E-state index in [9.17, 15) is 19.0 Å². The average Bonchev–Trinajstić information content (AvgIpc) is 3.35. The van der Waals surface area contributed by atoms with Crippen molar-refractivity contribution in [2.45, 2.75) is 315 Å². The van der Waals surface area contributed by atoms with Crippen LogP contribution < -0.4 is 5.32 Å². The van der Waals surface area contributed by atoms with Gasteiger partial charge in [-0.1, -0.05) is 263 Å². The van der Waals surface area contributed by atoms with Crippen molar-refractivity contribution in [3.8, 4) is 0 Å². The molecule has 2 N–H and O–H groups in total. The lowest BCUT2D eigenvalue weighted by atomic mass is 10.0. The number of phosphoric ester groups is 1. The first kappa shape index (κ1) is 71.2. The van der Waals surface area contributed by atoms with Gasteiger partial charge in [-0.05, 0) is 63.9 Å². The topological polar surface area (TPSA) is 111 Å². The number of allylic oxidation sites excluding steroid dienone is 5. The minimum atomic E-state index is -4.44. The number of carbonyl (C=O) groups excluding carboxylic acids is 2. The third-order valence-electron chi connectivity index (χ3n) is 14.1. The molecular formula is C63H122N2O7P+. The van der Waals surface area contributed by atoms with Gasteiger partial charge in [0.25, 0.3) is 0 Å². The van der Waals surface area contributed by atoms with Crippen LogP contribution in [0.4, 0.5) is 0 Å². The summed E-state index contributed by atoms with van der Waals surface area (Å²) in [5.41, 5.74) is 0. The number of hydrogen-bond donors (Lipinski definition) is 2. The minimum Gasteiger partial charge on any atom is -0.456 e. The normalized spacial score (nSPS) is 13.9. The van der Waals surface area contributed by atoms with Crippen LogP contribution in [0.15, 0.2) is 36.5 Å². The molecule has 0 heterocycles.